The lowest BCUT2D eigenvalue weighted by Gasteiger charge is -2.38. The van der Waals surface area contributed by atoms with Gasteiger partial charge in [-0.3, -0.25) is 9.69 Å². The van der Waals surface area contributed by atoms with Crippen LogP contribution in [0.4, 0.5) is 25.2 Å². The average molecular weight is 596 g/mol. The molecular weight excluding hydrogens is 564 g/mol. The summed E-state index contributed by atoms with van der Waals surface area (Å²) in [5.41, 5.74) is 0.281. The molecule has 43 heavy (non-hydrogen) atoms. The second-order valence-electron chi connectivity index (χ2n) is 12.3. The van der Waals surface area contributed by atoms with Gasteiger partial charge in [0.2, 0.25) is 0 Å². The number of benzene rings is 1. The van der Waals surface area contributed by atoms with Crippen LogP contribution in [0.3, 0.4) is 0 Å². The van der Waals surface area contributed by atoms with Crippen molar-refractivity contribution in [2.24, 2.45) is 5.92 Å². The summed E-state index contributed by atoms with van der Waals surface area (Å²) < 4.78 is 42.4. The fraction of sp³-hybridized carbons (Fsp3) is 0.517. The number of fused-ring (bicyclic) bond motifs is 3. The average Bonchev–Trinajstić information content (AvgIpc) is 3.78. The van der Waals surface area contributed by atoms with E-state index in [1.807, 2.05) is 0 Å². The summed E-state index contributed by atoms with van der Waals surface area (Å²) in [7, 11) is 0. The van der Waals surface area contributed by atoms with E-state index in [1.165, 1.54) is 4.90 Å². The molecule has 2 aromatic heterocycles. The van der Waals surface area contributed by atoms with E-state index in [2.05, 4.69) is 30.5 Å². The molecule has 5 aliphatic rings. The van der Waals surface area contributed by atoms with Crippen LogP contribution in [0, 0.1) is 17.6 Å². The molecule has 4 aliphatic heterocycles. The topological polar surface area (TPSA) is 145 Å². The van der Waals surface area contributed by atoms with Crippen LogP contribution in [0.25, 0.3) is 11.0 Å². The van der Waals surface area contributed by atoms with E-state index in [4.69, 9.17) is 9.47 Å². The molecule has 3 aromatic rings. The van der Waals surface area contributed by atoms with Gasteiger partial charge in [0.15, 0.2) is 29.8 Å². The van der Waals surface area contributed by atoms with Crippen molar-refractivity contribution >= 4 is 34.7 Å². The number of ether oxygens (including phenoxy) is 2. The van der Waals surface area contributed by atoms with Crippen LogP contribution in [0.1, 0.15) is 42.3 Å². The highest BCUT2D eigenvalue weighted by Crippen LogP contribution is 2.40. The normalized spacial score (nSPS) is 25.2. The van der Waals surface area contributed by atoms with E-state index < -0.39 is 29.4 Å². The van der Waals surface area contributed by atoms with Crippen molar-refractivity contribution in [1.29, 1.82) is 0 Å². The van der Waals surface area contributed by atoms with Crippen LogP contribution >= 0.6 is 0 Å². The fourth-order valence-corrected chi connectivity index (χ4v) is 7.23. The highest BCUT2D eigenvalue weighted by atomic mass is 19.1. The van der Waals surface area contributed by atoms with Crippen molar-refractivity contribution in [2.45, 2.75) is 49.9 Å². The van der Waals surface area contributed by atoms with Gasteiger partial charge in [0.05, 0.1) is 18.7 Å². The van der Waals surface area contributed by atoms with Gasteiger partial charge >= 0.3 is 6.09 Å². The SMILES string of the molecule is O=C1COc2ccc(N3CC4(CCN(CC5Cc6c(c(F)c7[nH]c([C@H]8C[C@@H](O)CN8)nc7c6F)C5)CC4)OC3=O)nc2N1. The van der Waals surface area contributed by atoms with Crippen LogP contribution in [0.15, 0.2) is 12.1 Å². The molecule has 1 aromatic carbocycles. The number of H-pyrrole nitrogens is 1. The number of aliphatic hydroxyl groups is 1. The first kappa shape index (κ1) is 26.7. The number of aromatic amines is 1. The van der Waals surface area contributed by atoms with Gasteiger partial charge in [0.25, 0.3) is 5.91 Å². The van der Waals surface area contributed by atoms with Crippen molar-refractivity contribution in [1.82, 2.24) is 25.2 Å². The molecule has 6 heterocycles. The highest BCUT2D eigenvalue weighted by Gasteiger charge is 2.48. The zero-order chi connectivity index (χ0) is 29.5. The number of nitrogens with one attached hydrogen (secondary N) is 3. The third-order valence-corrected chi connectivity index (χ3v) is 9.46. The van der Waals surface area contributed by atoms with Gasteiger partial charge in [-0.25, -0.2) is 23.5 Å². The highest BCUT2D eigenvalue weighted by molar-refractivity contribution is 5.95. The molecule has 3 saturated heterocycles. The Morgan fingerprint density at radius 2 is 1.88 bits per heavy atom. The van der Waals surface area contributed by atoms with Crippen molar-refractivity contribution in [2.75, 3.05) is 49.5 Å². The number of pyridine rings is 1. The van der Waals surface area contributed by atoms with Gasteiger partial charge in [0.1, 0.15) is 28.3 Å². The maximum absolute atomic E-state index is 15.6. The number of halogens is 2. The predicted octanol–water partition coefficient (Wildman–Crippen LogP) is 2.17. The van der Waals surface area contributed by atoms with E-state index >= 15 is 8.78 Å². The number of carbonyl (C=O) groups excluding carboxylic acids is 2. The molecule has 14 heteroatoms. The molecule has 1 unspecified atom stereocenters. The molecule has 226 valence electrons. The Hall–Kier alpha value is -3.88. The monoisotopic (exact) mass is 595 g/mol. The number of carbonyl (C=O) groups is 2. The molecular formula is C29H31F2N7O5. The molecule has 1 spiro atoms. The number of hydrogen-bond donors (Lipinski definition) is 4. The van der Waals surface area contributed by atoms with Gasteiger partial charge in [-0.05, 0) is 48.4 Å². The van der Waals surface area contributed by atoms with E-state index in [9.17, 15) is 14.7 Å². The van der Waals surface area contributed by atoms with E-state index in [-0.39, 0.29) is 41.3 Å². The number of amides is 2. The number of aliphatic hydroxyl groups excluding tert-OH is 1. The smallest absolute Gasteiger partial charge is 0.416 e. The minimum Gasteiger partial charge on any atom is -0.480 e. The van der Waals surface area contributed by atoms with Gasteiger partial charge in [-0.2, -0.15) is 0 Å². The van der Waals surface area contributed by atoms with Gasteiger partial charge < -0.3 is 35.1 Å². The zero-order valence-electron chi connectivity index (χ0n) is 23.3. The summed E-state index contributed by atoms with van der Waals surface area (Å²) in [5, 5.41) is 15.6. The maximum Gasteiger partial charge on any atom is 0.416 e. The lowest BCUT2D eigenvalue weighted by Crippen LogP contribution is -2.48. The molecule has 0 saturated carbocycles. The summed E-state index contributed by atoms with van der Waals surface area (Å²) in [5.74, 6) is 0.414. The second kappa shape index (κ2) is 9.82. The number of rotatable bonds is 4. The quantitative estimate of drug-likeness (QED) is 0.357. The Morgan fingerprint density at radius 3 is 2.65 bits per heavy atom. The maximum atomic E-state index is 15.6. The zero-order valence-corrected chi connectivity index (χ0v) is 23.3. The Bertz CT molecular complexity index is 1610. The summed E-state index contributed by atoms with van der Waals surface area (Å²) in [6.45, 7) is 2.76. The number of nitrogens with zero attached hydrogens (tertiary/aromatic N) is 4. The van der Waals surface area contributed by atoms with E-state index in [1.54, 1.807) is 12.1 Å². The van der Waals surface area contributed by atoms with Crippen molar-refractivity contribution in [3.05, 3.63) is 40.7 Å². The molecule has 0 bridgehead atoms. The standard InChI is InChI=1S/C29H31F2N7O5/c30-22-16-7-14(8-17(16)23(31)25-24(22)35-26(36-25)18-9-15(39)10-32-18)11-37-5-3-29(4-6-37)13-38(28(41)43-29)20-2-1-19-27(33-20)34-21(40)12-42-19/h1-2,14-15,18,32,39H,3-13H2,(H,35,36)(H,33,34,40)/t15-,18-/m1/s1. The summed E-state index contributed by atoms with van der Waals surface area (Å²) >= 11 is 0. The van der Waals surface area contributed by atoms with Crippen LogP contribution in [-0.4, -0.2) is 88.0 Å². The van der Waals surface area contributed by atoms with Crippen LogP contribution in [0.5, 0.6) is 5.75 Å². The Balaban J connectivity index is 0.915. The van der Waals surface area contributed by atoms with Crippen molar-refractivity contribution in [3.63, 3.8) is 0 Å². The summed E-state index contributed by atoms with van der Waals surface area (Å²) in [6.07, 6.45) is 1.59. The van der Waals surface area contributed by atoms with Crippen LogP contribution in [0.2, 0.25) is 0 Å². The first-order valence-electron chi connectivity index (χ1n) is 14.7. The van der Waals surface area contributed by atoms with Gasteiger partial charge in [-0.15, -0.1) is 0 Å². The van der Waals surface area contributed by atoms with Crippen LogP contribution in [-0.2, 0) is 22.4 Å². The predicted molar refractivity (Wildman–Crippen MR) is 149 cm³/mol. The first-order valence-corrected chi connectivity index (χ1v) is 14.7. The minimum atomic E-state index is -0.645. The van der Waals surface area contributed by atoms with Gasteiger partial charge in [0, 0.05) is 39.0 Å². The Kier molecular flexibility index (Phi) is 6.11. The molecule has 4 N–H and O–H groups in total. The number of aromatic nitrogens is 3. The van der Waals surface area contributed by atoms with E-state index in [0.29, 0.717) is 93.3 Å². The van der Waals surface area contributed by atoms with Crippen LogP contribution < -0.4 is 20.3 Å². The Labute approximate surface area is 244 Å². The molecule has 2 amide bonds. The second-order valence-corrected chi connectivity index (χ2v) is 12.3. The van der Waals surface area contributed by atoms with Crippen molar-refractivity contribution in [3.8, 4) is 5.75 Å². The molecule has 0 radical (unpaired) electrons. The minimum absolute atomic E-state index is 0.0194. The van der Waals surface area contributed by atoms with Gasteiger partial charge in [-0.1, -0.05) is 0 Å². The number of anilines is 2. The molecule has 12 nitrogen and oxygen atoms in total. The number of β-amino-alcohol motifs (C(OH)–C–C–N with tert-alkyl or cyclic N) is 1. The lowest BCUT2D eigenvalue weighted by molar-refractivity contribution is -0.118. The third-order valence-electron chi connectivity index (χ3n) is 9.46. The van der Waals surface area contributed by atoms with Crippen molar-refractivity contribution < 1.29 is 33.0 Å². The lowest BCUT2D eigenvalue weighted by atomic mass is 9.90. The largest absolute Gasteiger partial charge is 0.480 e. The first-order chi connectivity index (χ1) is 20.7. The van der Waals surface area contributed by atoms with E-state index in [0.717, 1.165) is 0 Å². The number of likely N-dealkylation sites (tertiary alicyclic amines) is 1. The molecule has 3 atom stereocenters. The summed E-state index contributed by atoms with van der Waals surface area (Å²) in [4.78, 5) is 40.1. The fourth-order valence-electron chi connectivity index (χ4n) is 7.23. The number of hydrogen-bond acceptors (Lipinski definition) is 9. The molecule has 8 rings (SSSR count). The molecule has 1 aliphatic carbocycles. The third kappa shape index (κ3) is 4.50. The Morgan fingerprint density at radius 1 is 1.09 bits per heavy atom. The molecule has 3 fully saturated rings. The number of piperidine rings is 1. The summed E-state index contributed by atoms with van der Waals surface area (Å²) in [6, 6.07) is 3.09. The number of imidazole rings is 1.